The van der Waals surface area contributed by atoms with Gasteiger partial charge < -0.3 is 20.5 Å². The van der Waals surface area contributed by atoms with Gasteiger partial charge in [-0.1, -0.05) is 28.1 Å². The standard InChI is InChI=1S/C18H29BrN4O2/c1-3-20-17(21-12-15-5-4-6-16(19)11-15)22-13-18(2,24)14-23-7-9-25-10-8-23/h4-6,11,24H,3,7-10,12-14H2,1-2H3,(H2,20,21,22). The fraction of sp³-hybridized carbons (Fsp3) is 0.611. The molecule has 0 radical (unpaired) electrons. The molecule has 2 rings (SSSR count). The zero-order chi connectivity index (χ0) is 18.1. The highest BCUT2D eigenvalue weighted by Crippen LogP contribution is 2.12. The van der Waals surface area contributed by atoms with E-state index in [1.165, 1.54) is 0 Å². The lowest BCUT2D eigenvalue weighted by atomic mass is 10.1. The van der Waals surface area contributed by atoms with Crippen LogP contribution in [-0.2, 0) is 11.3 Å². The van der Waals surface area contributed by atoms with Crippen LogP contribution in [0.25, 0.3) is 0 Å². The first kappa shape index (κ1) is 20.2. The Bertz CT molecular complexity index is 560. The highest BCUT2D eigenvalue weighted by molar-refractivity contribution is 9.10. The van der Waals surface area contributed by atoms with E-state index < -0.39 is 5.60 Å². The minimum atomic E-state index is -0.830. The summed E-state index contributed by atoms with van der Waals surface area (Å²) in [6.07, 6.45) is 0. The Hall–Kier alpha value is -1.15. The van der Waals surface area contributed by atoms with Gasteiger partial charge in [0.25, 0.3) is 0 Å². The summed E-state index contributed by atoms with van der Waals surface area (Å²) in [5.74, 6) is 0.713. The summed E-state index contributed by atoms with van der Waals surface area (Å²) in [4.78, 5) is 6.84. The van der Waals surface area contributed by atoms with E-state index in [1.807, 2.05) is 32.0 Å². The Balaban J connectivity index is 1.87. The third kappa shape index (κ3) is 7.73. The quantitative estimate of drug-likeness (QED) is 0.468. The van der Waals surface area contributed by atoms with E-state index >= 15 is 0 Å². The van der Waals surface area contributed by atoms with Crippen molar-refractivity contribution in [3.05, 3.63) is 34.3 Å². The van der Waals surface area contributed by atoms with Crippen LogP contribution < -0.4 is 10.6 Å². The molecule has 1 aliphatic rings. The molecule has 140 valence electrons. The van der Waals surface area contributed by atoms with Crippen molar-refractivity contribution in [1.82, 2.24) is 15.5 Å². The largest absolute Gasteiger partial charge is 0.387 e. The lowest BCUT2D eigenvalue weighted by Gasteiger charge is -2.34. The minimum Gasteiger partial charge on any atom is -0.387 e. The molecule has 1 aliphatic heterocycles. The summed E-state index contributed by atoms with van der Waals surface area (Å²) < 4.78 is 6.40. The molecule has 3 N–H and O–H groups in total. The highest BCUT2D eigenvalue weighted by Gasteiger charge is 2.25. The number of aliphatic hydroxyl groups is 1. The molecular weight excluding hydrogens is 384 g/mol. The molecule has 0 amide bonds. The van der Waals surface area contributed by atoms with Crippen molar-refractivity contribution in [1.29, 1.82) is 0 Å². The van der Waals surface area contributed by atoms with Crippen molar-refractivity contribution in [3.8, 4) is 0 Å². The zero-order valence-electron chi connectivity index (χ0n) is 15.1. The molecular formula is C18H29BrN4O2. The van der Waals surface area contributed by atoms with Crippen LogP contribution in [0.1, 0.15) is 19.4 Å². The Labute approximate surface area is 158 Å². The molecule has 1 heterocycles. The summed E-state index contributed by atoms with van der Waals surface area (Å²) in [6, 6.07) is 8.11. The van der Waals surface area contributed by atoms with Crippen LogP contribution in [0.5, 0.6) is 0 Å². The highest BCUT2D eigenvalue weighted by atomic mass is 79.9. The smallest absolute Gasteiger partial charge is 0.191 e. The number of halogens is 1. The van der Waals surface area contributed by atoms with Crippen LogP contribution >= 0.6 is 15.9 Å². The number of benzene rings is 1. The van der Waals surface area contributed by atoms with Crippen molar-refractivity contribution in [2.45, 2.75) is 26.0 Å². The minimum absolute atomic E-state index is 0.439. The Morgan fingerprint density at radius 2 is 2.12 bits per heavy atom. The number of morpholine rings is 1. The molecule has 1 aromatic rings. The lowest BCUT2D eigenvalue weighted by molar-refractivity contribution is -0.0201. The summed E-state index contributed by atoms with van der Waals surface area (Å²) in [5, 5.41) is 17.2. The Morgan fingerprint density at radius 3 is 2.80 bits per heavy atom. The van der Waals surface area contributed by atoms with E-state index in [2.05, 4.69) is 42.5 Å². The third-order valence-electron chi connectivity index (χ3n) is 3.96. The molecule has 25 heavy (non-hydrogen) atoms. The van der Waals surface area contributed by atoms with Crippen LogP contribution in [0.4, 0.5) is 0 Å². The second kappa shape index (κ2) is 10.1. The monoisotopic (exact) mass is 412 g/mol. The number of hydrogen-bond donors (Lipinski definition) is 3. The number of aliphatic imine (C=N–C) groups is 1. The zero-order valence-corrected chi connectivity index (χ0v) is 16.7. The van der Waals surface area contributed by atoms with Crippen molar-refractivity contribution in [2.24, 2.45) is 4.99 Å². The van der Waals surface area contributed by atoms with Crippen molar-refractivity contribution in [3.63, 3.8) is 0 Å². The van der Waals surface area contributed by atoms with Gasteiger partial charge in [-0.25, -0.2) is 4.99 Å². The average Bonchev–Trinajstić information content (AvgIpc) is 2.58. The molecule has 0 bridgehead atoms. The second-order valence-corrected chi connectivity index (χ2v) is 7.48. The number of β-amino-alcohol motifs (C(OH)–C–C–N with tert-alkyl or cyclic N) is 1. The number of nitrogens with zero attached hydrogens (tertiary/aromatic N) is 2. The molecule has 1 atom stereocenters. The lowest BCUT2D eigenvalue weighted by Crippen LogP contribution is -2.52. The predicted molar refractivity (Wildman–Crippen MR) is 105 cm³/mol. The summed E-state index contributed by atoms with van der Waals surface area (Å²) >= 11 is 3.48. The first-order chi connectivity index (χ1) is 12.0. The topological polar surface area (TPSA) is 69.1 Å². The van der Waals surface area contributed by atoms with E-state index in [-0.39, 0.29) is 0 Å². The maximum absolute atomic E-state index is 10.7. The van der Waals surface area contributed by atoms with E-state index in [1.54, 1.807) is 0 Å². The second-order valence-electron chi connectivity index (χ2n) is 6.56. The number of ether oxygens (including phenoxy) is 1. The van der Waals surface area contributed by atoms with Crippen LogP contribution in [0.15, 0.2) is 33.7 Å². The Morgan fingerprint density at radius 1 is 1.36 bits per heavy atom. The van der Waals surface area contributed by atoms with Gasteiger partial charge in [-0.3, -0.25) is 4.90 Å². The van der Waals surface area contributed by atoms with Gasteiger partial charge in [0.15, 0.2) is 5.96 Å². The maximum atomic E-state index is 10.7. The van der Waals surface area contributed by atoms with E-state index in [0.29, 0.717) is 25.6 Å². The first-order valence-corrected chi connectivity index (χ1v) is 9.57. The summed E-state index contributed by atoms with van der Waals surface area (Å²) in [7, 11) is 0. The fourth-order valence-electron chi connectivity index (χ4n) is 2.72. The van der Waals surface area contributed by atoms with E-state index in [0.717, 1.165) is 42.9 Å². The fourth-order valence-corrected chi connectivity index (χ4v) is 3.17. The normalized spacial score (nSPS) is 18.6. The molecule has 0 saturated carbocycles. The Kier molecular flexibility index (Phi) is 8.15. The van der Waals surface area contributed by atoms with Gasteiger partial charge in [0.2, 0.25) is 0 Å². The molecule has 7 heteroatoms. The van der Waals surface area contributed by atoms with Crippen molar-refractivity contribution < 1.29 is 9.84 Å². The van der Waals surface area contributed by atoms with Gasteiger partial charge in [-0.05, 0) is 31.5 Å². The SMILES string of the molecule is CCNC(=NCc1cccc(Br)c1)NCC(C)(O)CN1CCOCC1. The molecule has 1 saturated heterocycles. The maximum Gasteiger partial charge on any atom is 0.191 e. The van der Waals surface area contributed by atoms with Gasteiger partial charge in [0.05, 0.1) is 25.4 Å². The number of rotatable bonds is 7. The summed E-state index contributed by atoms with van der Waals surface area (Å²) in [6.45, 7) is 9.51. The first-order valence-electron chi connectivity index (χ1n) is 8.77. The van der Waals surface area contributed by atoms with Crippen LogP contribution in [0.2, 0.25) is 0 Å². The molecule has 6 nitrogen and oxygen atoms in total. The molecule has 1 unspecified atom stereocenters. The van der Waals surface area contributed by atoms with Gasteiger partial charge in [0.1, 0.15) is 0 Å². The molecule has 1 aromatic carbocycles. The van der Waals surface area contributed by atoms with Crippen LogP contribution in [0.3, 0.4) is 0 Å². The van der Waals surface area contributed by atoms with E-state index in [9.17, 15) is 5.11 Å². The van der Waals surface area contributed by atoms with Gasteiger partial charge >= 0.3 is 0 Å². The van der Waals surface area contributed by atoms with Crippen molar-refractivity contribution >= 4 is 21.9 Å². The molecule has 0 spiro atoms. The van der Waals surface area contributed by atoms with Crippen molar-refractivity contribution in [2.75, 3.05) is 45.9 Å². The van der Waals surface area contributed by atoms with Gasteiger partial charge in [-0.15, -0.1) is 0 Å². The third-order valence-corrected chi connectivity index (χ3v) is 4.45. The van der Waals surface area contributed by atoms with Crippen LogP contribution in [-0.4, -0.2) is 67.5 Å². The van der Waals surface area contributed by atoms with Gasteiger partial charge in [-0.2, -0.15) is 0 Å². The molecule has 0 aromatic heterocycles. The summed E-state index contributed by atoms with van der Waals surface area (Å²) in [5.41, 5.74) is 0.301. The molecule has 0 aliphatic carbocycles. The van der Waals surface area contributed by atoms with Crippen LogP contribution in [0, 0.1) is 0 Å². The number of hydrogen-bond acceptors (Lipinski definition) is 4. The number of nitrogens with one attached hydrogen (secondary N) is 2. The molecule has 1 fully saturated rings. The average molecular weight is 413 g/mol. The van der Waals surface area contributed by atoms with Gasteiger partial charge in [0, 0.05) is 37.2 Å². The number of guanidine groups is 1. The predicted octanol–water partition coefficient (Wildman–Crippen LogP) is 1.59. The van der Waals surface area contributed by atoms with E-state index in [4.69, 9.17) is 4.74 Å².